The highest BCUT2D eigenvalue weighted by Gasteiger charge is 2.28. The highest BCUT2D eigenvalue weighted by Crippen LogP contribution is 2.26. The van der Waals surface area contributed by atoms with Crippen molar-refractivity contribution in [3.8, 4) is 0 Å². The van der Waals surface area contributed by atoms with Crippen molar-refractivity contribution in [1.29, 1.82) is 0 Å². The van der Waals surface area contributed by atoms with Gasteiger partial charge in [0.05, 0.1) is 13.1 Å². The first kappa shape index (κ1) is 15.5. The summed E-state index contributed by atoms with van der Waals surface area (Å²) in [5.41, 5.74) is 1.85. The quantitative estimate of drug-likeness (QED) is 0.666. The standard InChI is InChI=1S/C18H18N2O2S/c21-17(22-15-11-19-18(23)20-12-15)16(13-7-3-1-4-8-13)14-9-5-2-6-10-14/h1-10,15-16H,11-12H2,(H2,19,20,23). The maximum absolute atomic E-state index is 12.8. The largest absolute Gasteiger partial charge is 0.458 e. The van der Waals surface area contributed by atoms with Crippen LogP contribution in [0.1, 0.15) is 17.0 Å². The molecule has 1 aliphatic rings. The molecule has 2 aromatic carbocycles. The van der Waals surface area contributed by atoms with Gasteiger partial charge in [-0.1, -0.05) is 60.7 Å². The molecule has 1 fully saturated rings. The third kappa shape index (κ3) is 3.87. The number of hydrogen-bond acceptors (Lipinski definition) is 3. The Kier molecular flexibility index (Phi) is 4.88. The van der Waals surface area contributed by atoms with Gasteiger partial charge in [-0.05, 0) is 23.3 Å². The zero-order valence-corrected chi connectivity index (χ0v) is 13.4. The molecular formula is C18H18N2O2S. The van der Waals surface area contributed by atoms with Crippen LogP contribution in [0, 0.1) is 0 Å². The molecule has 0 radical (unpaired) electrons. The van der Waals surface area contributed by atoms with E-state index in [1.54, 1.807) is 0 Å². The fraction of sp³-hybridized carbons (Fsp3) is 0.222. The Morgan fingerprint density at radius 3 is 1.91 bits per heavy atom. The van der Waals surface area contributed by atoms with Gasteiger partial charge in [-0.2, -0.15) is 0 Å². The highest BCUT2D eigenvalue weighted by atomic mass is 32.1. The first-order valence-electron chi connectivity index (χ1n) is 7.56. The lowest BCUT2D eigenvalue weighted by Crippen LogP contribution is -2.52. The second-order valence-corrected chi connectivity index (χ2v) is 5.81. The summed E-state index contributed by atoms with van der Waals surface area (Å²) in [5, 5.41) is 6.60. The van der Waals surface area contributed by atoms with Crippen LogP contribution in [0.25, 0.3) is 0 Å². The maximum Gasteiger partial charge on any atom is 0.318 e. The minimum Gasteiger partial charge on any atom is -0.458 e. The Morgan fingerprint density at radius 1 is 0.957 bits per heavy atom. The molecule has 118 valence electrons. The van der Waals surface area contributed by atoms with Crippen LogP contribution in [-0.2, 0) is 9.53 Å². The fourth-order valence-electron chi connectivity index (χ4n) is 2.62. The first-order chi connectivity index (χ1) is 11.2. The SMILES string of the molecule is O=C(OC1CNC(=S)NC1)C(c1ccccc1)c1ccccc1. The molecule has 4 nitrogen and oxygen atoms in total. The molecule has 1 aliphatic heterocycles. The molecule has 3 rings (SSSR count). The highest BCUT2D eigenvalue weighted by molar-refractivity contribution is 7.80. The van der Waals surface area contributed by atoms with Gasteiger partial charge in [0.1, 0.15) is 12.0 Å². The maximum atomic E-state index is 12.8. The average Bonchev–Trinajstić information content (AvgIpc) is 2.59. The van der Waals surface area contributed by atoms with E-state index >= 15 is 0 Å². The van der Waals surface area contributed by atoms with Crippen molar-refractivity contribution in [2.75, 3.05) is 13.1 Å². The summed E-state index contributed by atoms with van der Waals surface area (Å²) in [7, 11) is 0. The van der Waals surface area contributed by atoms with Crippen LogP contribution in [0.2, 0.25) is 0 Å². The zero-order chi connectivity index (χ0) is 16.1. The molecule has 23 heavy (non-hydrogen) atoms. The summed E-state index contributed by atoms with van der Waals surface area (Å²) < 4.78 is 5.69. The van der Waals surface area contributed by atoms with Gasteiger partial charge >= 0.3 is 5.97 Å². The number of hydrogen-bond donors (Lipinski definition) is 2. The van der Waals surface area contributed by atoms with Gasteiger partial charge in [0.25, 0.3) is 0 Å². The van der Waals surface area contributed by atoms with E-state index in [0.717, 1.165) is 11.1 Å². The second-order valence-electron chi connectivity index (χ2n) is 5.40. The molecule has 0 amide bonds. The Balaban J connectivity index is 1.81. The number of carbonyl (C=O) groups is 1. The normalized spacial score (nSPS) is 14.9. The summed E-state index contributed by atoms with van der Waals surface area (Å²) >= 11 is 5.01. The van der Waals surface area contributed by atoms with Crippen molar-refractivity contribution in [2.24, 2.45) is 0 Å². The minimum absolute atomic E-state index is 0.232. The second kappa shape index (κ2) is 7.24. The Hall–Kier alpha value is -2.40. The molecule has 5 heteroatoms. The monoisotopic (exact) mass is 326 g/mol. The summed E-state index contributed by atoms with van der Waals surface area (Å²) in [5.74, 6) is -0.671. The number of thiocarbonyl (C=S) groups is 1. The number of esters is 1. The van der Waals surface area contributed by atoms with Crippen LogP contribution >= 0.6 is 12.2 Å². The molecule has 0 aliphatic carbocycles. The zero-order valence-electron chi connectivity index (χ0n) is 12.6. The number of rotatable bonds is 4. The predicted molar refractivity (Wildman–Crippen MR) is 93.2 cm³/mol. The lowest BCUT2D eigenvalue weighted by atomic mass is 9.91. The van der Waals surface area contributed by atoms with E-state index in [0.29, 0.717) is 18.2 Å². The van der Waals surface area contributed by atoms with E-state index in [1.165, 1.54) is 0 Å². The van der Waals surface area contributed by atoms with Crippen LogP contribution in [0.4, 0.5) is 0 Å². The Labute approximate surface area is 140 Å². The van der Waals surface area contributed by atoms with Crippen LogP contribution in [0.5, 0.6) is 0 Å². The molecular weight excluding hydrogens is 308 g/mol. The molecule has 0 aromatic heterocycles. The molecule has 0 saturated carbocycles. The predicted octanol–water partition coefficient (Wildman–Crippen LogP) is 2.21. The molecule has 2 aromatic rings. The van der Waals surface area contributed by atoms with Gasteiger partial charge in [0.2, 0.25) is 0 Å². The Morgan fingerprint density at radius 2 is 1.43 bits per heavy atom. The molecule has 0 spiro atoms. The van der Waals surface area contributed by atoms with Crippen molar-refractivity contribution < 1.29 is 9.53 Å². The van der Waals surface area contributed by atoms with Gasteiger partial charge < -0.3 is 15.4 Å². The van der Waals surface area contributed by atoms with E-state index in [2.05, 4.69) is 10.6 Å². The topological polar surface area (TPSA) is 50.4 Å². The number of ether oxygens (including phenoxy) is 1. The van der Waals surface area contributed by atoms with Crippen molar-refractivity contribution in [2.45, 2.75) is 12.0 Å². The van der Waals surface area contributed by atoms with Crippen LogP contribution in [0.15, 0.2) is 60.7 Å². The molecule has 1 heterocycles. The van der Waals surface area contributed by atoms with E-state index < -0.39 is 5.92 Å². The van der Waals surface area contributed by atoms with Gasteiger partial charge in [0.15, 0.2) is 5.11 Å². The summed E-state index contributed by atoms with van der Waals surface area (Å²) in [6.45, 7) is 1.07. The molecule has 1 saturated heterocycles. The third-order valence-electron chi connectivity index (χ3n) is 3.76. The first-order valence-corrected chi connectivity index (χ1v) is 7.97. The average molecular weight is 326 g/mol. The van der Waals surface area contributed by atoms with Crippen molar-refractivity contribution in [1.82, 2.24) is 10.6 Å². The molecule has 0 atom stereocenters. The summed E-state index contributed by atoms with van der Waals surface area (Å²) in [6.07, 6.45) is -0.232. The minimum atomic E-state index is -0.425. The van der Waals surface area contributed by atoms with Gasteiger partial charge in [-0.15, -0.1) is 0 Å². The van der Waals surface area contributed by atoms with Gasteiger partial charge in [0, 0.05) is 0 Å². The van der Waals surface area contributed by atoms with E-state index in [9.17, 15) is 4.79 Å². The van der Waals surface area contributed by atoms with Crippen molar-refractivity contribution in [3.05, 3.63) is 71.8 Å². The number of carbonyl (C=O) groups excluding carboxylic acids is 1. The molecule has 2 N–H and O–H groups in total. The molecule has 0 unspecified atom stereocenters. The van der Waals surface area contributed by atoms with E-state index in [4.69, 9.17) is 17.0 Å². The lowest BCUT2D eigenvalue weighted by Gasteiger charge is -2.27. The van der Waals surface area contributed by atoms with Gasteiger partial charge in [-0.3, -0.25) is 4.79 Å². The smallest absolute Gasteiger partial charge is 0.318 e. The van der Waals surface area contributed by atoms with E-state index in [1.807, 2.05) is 60.7 Å². The fourth-order valence-corrected chi connectivity index (χ4v) is 2.79. The molecule has 0 bridgehead atoms. The lowest BCUT2D eigenvalue weighted by molar-refractivity contribution is -0.149. The van der Waals surface area contributed by atoms with Gasteiger partial charge in [-0.25, -0.2) is 0 Å². The van der Waals surface area contributed by atoms with Crippen LogP contribution < -0.4 is 10.6 Å². The summed E-state index contributed by atoms with van der Waals surface area (Å²) in [6, 6.07) is 19.4. The number of benzene rings is 2. The van der Waals surface area contributed by atoms with Crippen molar-refractivity contribution in [3.63, 3.8) is 0 Å². The number of nitrogens with one attached hydrogen (secondary N) is 2. The Bertz CT molecular complexity index is 626. The van der Waals surface area contributed by atoms with Crippen LogP contribution in [0.3, 0.4) is 0 Å². The summed E-state index contributed by atoms with van der Waals surface area (Å²) in [4.78, 5) is 12.8. The van der Waals surface area contributed by atoms with Crippen molar-refractivity contribution >= 4 is 23.3 Å². The van der Waals surface area contributed by atoms with Crippen LogP contribution in [-0.4, -0.2) is 30.3 Å². The van der Waals surface area contributed by atoms with E-state index in [-0.39, 0.29) is 12.1 Å². The third-order valence-corrected chi connectivity index (χ3v) is 4.05.